The number of benzene rings is 2. The van der Waals surface area contributed by atoms with Gasteiger partial charge in [0.2, 0.25) is 0 Å². The predicted molar refractivity (Wildman–Crippen MR) is 116 cm³/mol. The largest absolute Gasteiger partial charge is 0.487 e. The molecule has 4 aliphatic rings. The first kappa shape index (κ1) is 18.0. The summed E-state index contributed by atoms with van der Waals surface area (Å²) in [7, 11) is 0. The summed E-state index contributed by atoms with van der Waals surface area (Å²) in [5, 5.41) is 0. The van der Waals surface area contributed by atoms with Gasteiger partial charge in [-0.3, -0.25) is 4.90 Å². The van der Waals surface area contributed by atoms with Gasteiger partial charge in [-0.2, -0.15) is 0 Å². The first-order chi connectivity index (χ1) is 14.3. The Kier molecular flexibility index (Phi) is 4.42. The van der Waals surface area contributed by atoms with E-state index in [-0.39, 0.29) is 5.60 Å². The molecule has 0 saturated carbocycles. The SMILES string of the molecule is c1ccc2c(c1)CCN(Cc1ccc3c(c1)C[C@@]1(CCN4CCCCC4C1)O3)C2. The molecule has 2 atom stereocenters. The van der Waals surface area contributed by atoms with Gasteiger partial charge < -0.3 is 9.64 Å². The minimum Gasteiger partial charge on any atom is -0.487 e. The lowest BCUT2D eigenvalue weighted by atomic mass is 9.80. The van der Waals surface area contributed by atoms with E-state index in [1.165, 1.54) is 73.9 Å². The standard InChI is InChI=1S/C26H32N2O/c1-2-6-22-19-27(13-10-21(22)5-1)18-20-8-9-25-23(15-20)16-26(29-25)11-14-28-12-4-3-7-24(28)17-26/h1-2,5-6,8-9,15,24H,3-4,7,10-14,16-19H2/t24?,26-/m1/s1. The molecule has 0 aliphatic carbocycles. The molecular formula is C26H32N2O. The van der Waals surface area contributed by atoms with Crippen LogP contribution in [0.2, 0.25) is 0 Å². The normalized spacial score (nSPS) is 29.2. The molecule has 4 heterocycles. The monoisotopic (exact) mass is 388 g/mol. The molecule has 4 aliphatic heterocycles. The van der Waals surface area contributed by atoms with Crippen LogP contribution in [0.3, 0.4) is 0 Å². The lowest BCUT2D eigenvalue weighted by Crippen LogP contribution is -2.54. The van der Waals surface area contributed by atoms with Crippen LogP contribution in [0.5, 0.6) is 5.75 Å². The molecule has 2 saturated heterocycles. The summed E-state index contributed by atoms with van der Waals surface area (Å²) >= 11 is 0. The molecule has 0 radical (unpaired) electrons. The van der Waals surface area contributed by atoms with E-state index in [0.29, 0.717) is 0 Å². The highest BCUT2D eigenvalue weighted by molar-refractivity contribution is 5.43. The lowest BCUT2D eigenvalue weighted by Gasteiger charge is -2.46. The zero-order valence-electron chi connectivity index (χ0n) is 17.4. The van der Waals surface area contributed by atoms with E-state index >= 15 is 0 Å². The summed E-state index contributed by atoms with van der Waals surface area (Å²) in [5.41, 5.74) is 6.00. The van der Waals surface area contributed by atoms with Crippen LogP contribution in [0.15, 0.2) is 42.5 Å². The number of rotatable bonds is 2. The maximum Gasteiger partial charge on any atom is 0.123 e. The van der Waals surface area contributed by atoms with Crippen LogP contribution in [0, 0.1) is 0 Å². The van der Waals surface area contributed by atoms with Gasteiger partial charge in [0.25, 0.3) is 0 Å². The van der Waals surface area contributed by atoms with Crippen molar-refractivity contribution in [1.82, 2.24) is 9.80 Å². The minimum absolute atomic E-state index is 0.0729. The summed E-state index contributed by atoms with van der Waals surface area (Å²) in [6.07, 6.45) is 8.84. The van der Waals surface area contributed by atoms with E-state index in [9.17, 15) is 0 Å². The van der Waals surface area contributed by atoms with Gasteiger partial charge in [-0.25, -0.2) is 0 Å². The van der Waals surface area contributed by atoms with Crippen molar-refractivity contribution in [1.29, 1.82) is 0 Å². The summed E-state index contributed by atoms with van der Waals surface area (Å²) < 4.78 is 6.64. The Morgan fingerprint density at radius 3 is 2.86 bits per heavy atom. The van der Waals surface area contributed by atoms with E-state index < -0.39 is 0 Å². The third-order valence-corrected chi connectivity index (χ3v) is 7.79. The van der Waals surface area contributed by atoms with Crippen molar-refractivity contribution in [2.75, 3.05) is 19.6 Å². The van der Waals surface area contributed by atoms with Gasteiger partial charge >= 0.3 is 0 Å². The van der Waals surface area contributed by atoms with Gasteiger partial charge in [-0.15, -0.1) is 0 Å². The first-order valence-electron chi connectivity index (χ1n) is 11.6. The van der Waals surface area contributed by atoms with E-state index in [4.69, 9.17) is 4.74 Å². The van der Waals surface area contributed by atoms with Crippen LogP contribution < -0.4 is 4.74 Å². The highest BCUT2D eigenvalue weighted by Crippen LogP contribution is 2.44. The second-order valence-electron chi connectivity index (χ2n) is 9.77. The van der Waals surface area contributed by atoms with Crippen molar-refractivity contribution in [2.24, 2.45) is 0 Å². The fourth-order valence-electron chi connectivity index (χ4n) is 6.25. The van der Waals surface area contributed by atoms with Crippen molar-refractivity contribution in [2.45, 2.75) is 69.7 Å². The molecule has 2 aromatic carbocycles. The number of ether oxygens (including phenoxy) is 1. The second-order valence-corrected chi connectivity index (χ2v) is 9.77. The smallest absolute Gasteiger partial charge is 0.123 e. The summed E-state index contributed by atoms with van der Waals surface area (Å²) in [4.78, 5) is 5.32. The number of hydrogen-bond donors (Lipinski definition) is 0. The molecule has 29 heavy (non-hydrogen) atoms. The Hall–Kier alpha value is -1.84. The lowest BCUT2D eigenvalue weighted by molar-refractivity contribution is -0.0249. The third kappa shape index (κ3) is 3.39. The molecule has 0 amide bonds. The Labute approximate surface area is 174 Å². The number of hydrogen-bond acceptors (Lipinski definition) is 3. The molecule has 0 N–H and O–H groups in total. The molecule has 3 heteroatoms. The fourth-order valence-corrected chi connectivity index (χ4v) is 6.25. The van der Waals surface area contributed by atoms with Crippen LogP contribution in [0.1, 0.15) is 54.4 Å². The summed E-state index contributed by atoms with van der Waals surface area (Å²) in [6, 6.07) is 16.7. The summed E-state index contributed by atoms with van der Waals surface area (Å²) in [6.45, 7) is 5.80. The van der Waals surface area contributed by atoms with Crippen molar-refractivity contribution in [3.8, 4) is 5.75 Å². The third-order valence-electron chi connectivity index (χ3n) is 7.79. The molecule has 0 bridgehead atoms. The maximum absolute atomic E-state index is 6.64. The number of piperidine rings is 2. The highest BCUT2D eigenvalue weighted by Gasteiger charge is 2.46. The zero-order valence-corrected chi connectivity index (χ0v) is 17.4. The molecule has 1 spiro atoms. The second kappa shape index (κ2) is 7.14. The maximum atomic E-state index is 6.64. The molecule has 152 valence electrons. The Morgan fingerprint density at radius 2 is 1.90 bits per heavy atom. The van der Waals surface area contributed by atoms with Crippen LogP contribution in [-0.4, -0.2) is 41.1 Å². The molecule has 1 unspecified atom stereocenters. The van der Waals surface area contributed by atoms with Crippen molar-refractivity contribution in [3.05, 3.63) is 64.7 Å². The van der Waals surface area contributed by atoms with Gasteiger partial charge in [0.15, 0.2) is 0 Å². The van der Waals surface area contributed by atoms with Crippen molar-refractivity contribution >= 4 is 0 Å². The average molecular weight is 389 g/mol. The minimum atomic E-state index is 0.0729. The Balaban J connectivity index is 1.15. The van der Waals surface area contributed by atoms with Crippen molar-refractivity contribution < 1.29 is 4.74 Å². The van der Waals surface area contributed by atoms with Gasteiger partial charge in [0.1, 0.15) is 11.4 Å². The number of nitrogens with zero attached hydrogens (tertiary/aromatic N) is 2. The quantitative estimate of drug-likeness (QED) is 0.750. The van der Waals surface area contributed by atoms with E-state index in [2.05, 4.69) is 52.3 Å². The van der Waals surface area contributed by atoms with Crippen LogP contribution >= 0.6 is 0 Å². The van der Waals surface area contributed by atoms with E-state index in [0.717, 1.165) is 37.8 Å². The van der Waals surface area contributed by atoms with Crippen molar-refractivity contribution in [3.63, 3.8) is 0 Å². The average Bonchev–Trinajstić information content (AvgIpc) is 3.10. The fraction of sp³-hybridized carbons (Fsp3) is 0.538. The van der Waals surface area contributed by atoms with Crippen LogP contribution in [0.4, 0.5) is 0 Å². The Morgan fingerprint density at radius 1 is 0.966 bits per heavy atom. The molecule has 2 aromatic rings. The molecule has 6 rings (SSSR count). The Bertz CT molecular complexity index is 909. The van der Waals surface area contributed by atoms with Gasteiger partial charge in [0, 0.05) is 51.5 Å². The van der Waals surface area contributed by atoms with E-state index in [1.807, 2.05) is 0 Å². The van der Waals surface area contributed by atoms with Crippen LogP contribution in [0.25, 0.3) is 0 Å². The van der Waals surface area contributed by atoms with Gasteiger partial charge in [-0.1, -0.05) is 42.8 Å². The van der Waals surface area contributed by atoms with E-state index in [1.54, 1.807) is 0 Å². The first-order valence-corrected chi connectivity index (χ1v) is 11.6. The zero-order chi connectivity index (χ0) is 19.3. The molecular weight excluding hydrogens is 356 g/mol. The molecule has 3 nitrogen and oxygen atoms in total. The van der Waals surface area contributed by atoms with Gasteiger partial charge in [0.05, 0.1) is 0 Å². The summed E-state index contributed by atoms with van der Waals surface area (Å²) in [5.74, 6) is 1.15. The number of fused-ring (bicyclic) bond motifs is 3. The molecule has 2 fully saturated rings. The topological polar surface area (TPSA) is 15.7 Å². The van der Waals surface area contributed by atoms with Crippen LogP contribution in [-0.2, 0) is 25.9 Å². The van der Waals surface area contributed by atoms with Gasteiger partial charge in [-0.05, 0) is 54.1 Å². The highest BCUT2D eigenvalue weighted by atomic mass is 16.5. The predicted octanol–water partition coefficient (Wildman–Crippen LogP) is 4.57. The molecule has 0 aromatic heterocycles.